The third-order valence-electron chi connectivity index (χ3n) is 2.84. The first-order valence-corrected chi connectivity index (χ1v) is 7.27. The van der Waals surface area contributed by atoms with Crippen LogP contribution in [-0.4, -0.2) is 31.0 Å². The molecule has 0 fully saturated rings. The van der Waals surface area contributed by atoms with Gasteiger partial charge in [-0.05, 0) is 6.07 Å². The van der Waals surface area contributed by atoms with Crippen LogP contribution in [0.1, 0.15) is 15.9 Å². The number of hydrogen-bond donors (Lipinski definition) is 2. The zero-order valence-electron chi connectivity index (χ0n) is 11.0. The summed E-state index contributed by atoms with van der Waals surface area (Å²) in [6.07, 6.45) is 0. The number of aromatic hydroxyl groups is 1. The summed E-state index contributed by atoms with van der Waals surface area (Å²) < 4.78 is 36.3. The van der Waals surface area contributed by atoms with E-state index in [1.165, 1.54) is 7.11 Å². The molecule has 2 aromatic carbocycles. The van der Waals surface area contributed by atoms with Crippen LogP contribution in [0.5, 0.6) is 11.5 Å². The number of benzene rings is 2. The van der Waals surface area contributed by atoms with Crippen molar-refractivity contribution in [3.05, 3.63) is 53.6 Å². The van der Waals surface area contributed by atoms with E-state index in [4.69, 9.17) is 9.29 Å². The molecule has 0 saturated heterocycles. The molecule has 110 valence electrons. The summed E-state index contributed by atoms with van der Waals surface area (Å²) in [5.41, 5.74) is 0.208. The molecular formula is C14H12O6S. The van der Waals surface area contributed by atoms with E-state index >= 15 is 0 Å². The van der Waals surface area contributed by atoms with Crippen molar-refractivity contribution in [2.45, 2.75) is 4.90 Å². The highest BCUT2D eigenvalue weighted by molar-refractivity contribution is 7.86. The summed E-state index contributed by atoms with van der Waals surface area (Å²) in [6, 6.07) is 10.0. The third kappa shape index (κ3) is 3.04. The lowest BCUT2D eigenvalue weighted by Crippen LogP contribution is -2.06. The SMILES string of the molecule is COc1cc(C(=O)c2ccccc2)c(O)cc1S(=O)(=O)O. The Balaban J connectivity index is 2.59. The first-order chi connectivity index (χ1) is 9.84. The number of ketones is 1. The quantitative estimate of drug-likeness (QED) is 0.660. The first-order valence-electron chi connectivity index (χ1n) is 5.83. The van der Waals surface area contributed by atoms with Gasteiger partial charge in [0, 0.05) is 11.6 Å². The lowest BCUT2D eigenvalue weighted by Gasteiger charge is -2.10. The Morgan fingerprint density at radius 1 is 1.14 bits per heavy atom. The van der Waals surface area contributed by atoms with E-state index in [-0.39, 0.29) is 11.3 Å². The van der Waals surface area contributed by atoms with E-state index in [9.17, 15) is 18.3 Å². The van der Waals surface area contributed by atoms with Crippen molar-refractivity contribution in [3.63, 3.8) is 0 Å². The Morgan fingerprint density at radius 3 is 2.29 bits per heavy atom. The Bertz CT molecular complexity index is 781. The minimum atomic E-state index is -4.57. The number of methoxy groups -OCH3 is 1. The normalized spacial score (nSPS) is 11.1. The smallest absolute Gasteiger partial charge is 0.298 e. The van der Waals surface area contributed by atoms with Crippen LogP contribution in [0.2, 0.25) is 0 Å². The third-order valence-corrected chi connectivity index (χ3v) is 3.72. The van der Waals surface area contributed by atoms with Crippen LogP contribution >= 0.6 is 0 Å². The predicted octanol–water partition coefficient (Wildman–Crippen LogP) is 1.88. The number of carbonyl (C=O) groups excluding carboxylic acids is 1. The van der Waals surface area contributed by atoms with Gasteiger partial charge in [0.1, 0.15) is 16.4 Å². The van der Waals surface area contributed by atoms with Crippen molar-refractivity contribution < 1.29 is 27.6 Å². The molecule has 0 bridgehead atoms. The average molecular weight is 308 g/mol. The van der Waals surface area contributed by atoms with Crippen LogP contribution in [0.3, 0.4) is 0 Å². The zero-order valence-corrected chi connectivity index (χ0v) is 11.8. The van der Waals surface area contributed by atoms with Crippen LogP contribution in [0, 0.1) is 0 Å². The molecule has 0 unspecified atom stereocenters. The maximum atomic E-state index is 12.3. The largest absolute Gasteiger partial charge is 0.507 e. The van der Waals surface area contributed by atoms with Gasteiger partial charge in [-0.1, -0.05) is 30.3 Å². The minimum Gasteiger partial charge on any atom is -0.507 e. The second-order valence-electron chi connectivity index (χ2n) is 4.19. The van der Waals surface area contributed by atoms with Gasteiger partial charge in [-0.2, -0.15) is 8.42 Å². The fourth-order valence-corrected chi connectivity index (χ4v) is 2.49. The van der Waals surface area contributed by atoms with Crippen molar-refractivity contribution in [2.24, 2.45) is 0 Å². The number of phenolic OH excluding ortho intramolecular Hbond substituents is 1. The summed E-state index contributed by atoms with van der Waals surface area (Å²) >= 11 is 0. The summed E-state index contributed by atoms with van der Waals surface area (Å²) in [5, 5.41) is 9.85. The van der Waals surface area contributed by atoms with Crippen molar-refractivity contribution >= 4 is 15.9 Å². The van der Waals surface area contributed by atoms with Crippen LogP contribution in [0.15, 0.2) is 47.4 Å². The molecule has 0 heterocycles. The predicted molar refractivity (Wildman–Crippen MR) is 74.3 cm³/mol. The maximum absolute atomic E-state index is 12.3. The first kappa shape index (κ1) is 15.0. The molecule has 2 N–H and O–H groups in total. The second kappa shape index (κ2) is 5.55. The van der Waals surface area contributed by atoms with E-state index < -0.39 is 26.5 Å². The lowest BCUT2D eigenvalue weighted by atomic mass is 10.0. The topological polar surface area (TPSA) is 101 Å². The number of hydrogen-bond acceptors (Lipinski definition) is 5. The lowest BCUT2D eigenvalue weighted by molar-refractivity contribution is 0.103. The number of carbonyl (C=O) groups is 1. The molecule has 6 nitrogen and oxygen atoms in total. The molecule has 0 aliphatic heterocycles. The molecule has 0 aliphatic carbocycles. The molecule has 2 aromatic rings. The van der Waals surface area contributed by atoms with Crippen molar-refractivity contribution in [2.75, 3.05) is 7.11 Å². The van der Waals surface area contributed by atoms with E-state index in [0.717, 1.165) is 12.1 Å². The van der Waals surface area contributed by atoms with Gasteiger partial charge in [-0.25, -0.2) is 0 Å². The summed E-state index contributed by atoms with van der Waals surface area (Å²) in [6.45, 7) is 0. The Morgan fingerprint density at radius 2 is 1.76 bits per heavy atom. The van der Waals surface area contributed by atoms with E-state index in [2.05, 4.69) is 0 Å². The Hall–Kier alpha value is -2.38. The highest BCUT2D eigenvalue weighted by Crippen LogP contribution is 2.32. The standard InChI is InChI=1S/C14H12O6S/c1-20-12-7-10(11(15)8-13(12)21(17,18)19)14(16)9-5-3-2-4-6-9/h2-8,15H,1H3,(H,17,18,19). The fourth-order valence-electron chi connectivity index (χ4n) is 1.84. The van der Waals surface area contributed by atoms with E-state index in [1.54, 1.807) is 30.3 Å². The molecule has 0 spiro atoms. The number of phenols is 1. The van der Waals surface area contributed by atoms with E-state index in [0.29, 0.717) is 5.56 Å². The summed E-state index contributed by atoms with van der Waals surface area (Å²) in [5.74, 6) is -1.28. The Labute approximate surface area is 121 Å². The van der Waals surface area contributed by atoms with Crippen molar-refractivity contribution in [1.82, 2.24) is 0 Å². The molecule has 0 radical (unpaired) electrons. The van der Waals surface area contributed by atoms with Crippen LogP contribution in [0.4, 0.5) is 0 Å². The Kier molecular flexibility index (Phi) is 3.97. The van der Waals surface area contributed by atoms with Crippen molar-refractivity contribution in [3.8, 4) is 11.5 Å². The molecule has 21 heavy (non-hydrogen) atoms. The minimum absolute atomic E-state index is 0.120. The molecule has 0 aliphatic rings. The molecule has 7 heteroatoms. The van der Waals surface area contributed by atoms with Gasteiger partial charge in [0.15, 0.2) is 5.78 Å². The van der Waals surface area contributed by atoms with Gasteiger partial charge in [0.25, 0.3) is 10.1 Å². The summed E-state index contributed by atoms with van der Waals surface area (Å²) in [7, 11) is -3.38. The number of rotatable bonds is 4. The molecule has 0 aromatic heterocycles. The summed E-state index contributed by atoms with van der Waals surface area (Å²) in [4.78, 5) is 11.7. The fraction of sp³-hybridized carbons (Fsp3) is 0.0714. The van der Waals surface area contributed by atoms with Gasteiger partial charge < -0.3 is 9.84 Å². The van der Waals surface area contributed by atoms with Crippen LogP contribution < -0.4 is 4.74 Å². The van der Waals surface area contributed by atoms with Crippen molar-refractivity contribution in [1.29, 1.82) is 0 Å². The molecule has 0 saturated carbocycles. The van der Waals surface area contributed by atoms with Gasteiger partial charge in [-0.3, -0.25) is 9.35 Å². The van der Waals surface area contributed by atoms with Crippen LogP contribution in [0.25, 0.3) is 0 Å². The number of ether oxygens (including phenoxy) is 1. The van der Waals surface area contributed by atoms with E-state index in [1.807, 2.05) is 0 Å². The monoisotopic (exact) mass is 308 g/mol. The van der Waals surface area contributed by atoms with Gasteiger partial charge in [-0.15, -0.1) is 0 Å². The average Bonchev–Trinajstić information content (AvgIpc) is 2.46. The second-order valence-corrected chi connectivity index (χ2v) is 5.58. The van der Waals surface area contributed by atoms with Crippen LogP contribution in [-0.2, 0) is 10.1 Å². The maximum Gasteiger partial charge on any atom is 0.298 e. The molecule has 2 rings (SSSR count). The van der Waals surface area contributed by atoms with Gasteiger partial charge >= 0.3 is 0 Å². The molecule has 0 atom stereocenters. The molecule has 0 amide bonds. The van der Waals surface area contributed by atoms with Gasteiger partial charge in [0.05, 0.1) is 12.7 Å². The highest BCUT2D eigenvalue weighted by atomic mass is 32.2. The molecular weight excluding hydrogens is 296 g/mol. The van der Waals surface area contributed by atoms with Gasteiger partial charge in [0.2, 0.25) is 0 Å². The highest BCUT2D eigenvalue weighted by Gasteiger charge is 2.23. The zero-order chi connectivity index (χ0) is 15.6.